The van der Waals surface area contributed by atoms with Crippen molar-refractivity contribution in [2.75, 3.05) is 19.6 Å². The molecule has 1 amide bonds. The molecule has 2 heterocycles. The van der Waals surface area contributed by atoms with E-state index < -0.39 is 0 Å². The summed E-state index contributed by atoms with van der Waals surface area (Å²) in [7, 11) is 0. The maximum Gasteiger partial charge on any atom is 0.228 e. The highest BCUT2D eigenvalue weighted by molar-refractivity contribution is 5.80. The van der Waals surface area contributed by atoms with Crippen LogP contribution in [-0.4, -0.2) is 36.5 Å². The number of rotatable bonds is 2. The highest BCUT2D eigenvalue weighted by Gasteiger charge is 2.36. The van der Waals surface area contributed by atoms with Crippen LogP contribution in [0.15, 0.2) is 0 Å². The van der Waals surface area contributed by atoms with Crippen LogP contribution in [0.25, 0.3) is 0 Å². The predicted molar refractivity (Wildman–Crippen MR) is 55.9 cm³/mol. The Morgan fingerprint density at radius 1 is 1.43 bits per heavy atom. The number of nitrogens with zero attached hydrogens (tertiary/aromatic N) is 1. The summed E-state index contributed by atoms with van der Waals surface area (Å²) >= 11 is 0. The van der Waals surface area contributed by atoms with E-state index in [0.717, 1.165) is 19.6 Å². The molecule has 3 nitrogen and oxygen atoms in total. The lowest BCUT2D eigenvalue weighted by molar-refractivity contribution is -0.138. The smallest absolute Gasteiger partial charge is 0.228 e. The number of amides is 1. The summed E-state index contributed by atoms with van der Waals surface area (Å²) in [5.74, 6) is 1.27. The third kappa shape index (κ3) is 1.65. The van der Waals surface area contributed by atoms with Gasteiger partial charge in [0.25, 0.3) is 0 Å². The Morgan fingerprint density at radius 2 is 2.14 bits per heavy atom. The van der Waals surface area contributed by atoms with Gasteiger partial charge < -0.3 is 10.2 Å². The first-order valence-electron chi connectivity index (χ1n) is 5.71. The lowest BCUT2D eigenvalue weighted by atomic mass is 9.98. The second-order valence-corrected chi connectivity index (χ2v) is 4.84. The molecule has 0 saturated carbocycles. The maximum atomic E-state index is 12.0. The van der Waals surface area contributed by atoms with Crippen molar-refractivity contribution in [2.45, 2.75) is 32.7 Å². The largest absolute Gasteiger partial charge is 0.339 e. The van der Waals surface area contributed by atoms with Gasteiger partial charge in [0.05, 0.1) is 5.92 Å². The highest BCUT2D eigenvalue weighted by atomic mass is 16.2. The van der Waals surface area contributed by atoms with Crippen LogP contribution in [-0.2, 0) is 4.79 Å². The van der Waals surface area contributed by atoms with E-state index in [1.165, 1.54) is 12.8 Å². The molecule has 1 N–H and O–H groups in total. The summed E-state index contributed by atoms with van der Waals surface area (Å²) in [5.41, 5.74) is 0. The SMILES string of the molecule is CC(C)C1CCCN1C(=O)C1CNC1. The normalized spacial score (nSPS) is 28.2. The van der Waals surface area contributed by atoms with Crippen molar-refractivity contribution < 1.29 is 4.79 Å². The van der Waals surface area contributed by atoms with Crippen molar-refractivity contribution >= 4 is 5.91 Å². The van der Waals surface area contributed by atoms with Crippen LogP contribution >= 0.6 is 0 Å². The van der Waals surface area contributed by atoms with Gasteiger partial charge in [-0.05, 0) is 18.8 Å². The Balaban J connectivity index is 1.97. The number of hydrogen-bond donors (Lipinski definition) is 1. The molecule has 2 rings (SSSR count). The van der Waals surface area contributed by atoms with Gasteiger partial charge in [0.15, 0.2) is 0 Å². The Labute approximate surface area is 85.8 Å². The van der Waals surface area contributed by atoms with E-state index in [-0.39, 0.29) is 5.92 Å². The lowest BCUT2D eigenvalue weighted by Gasteiger charge is -2.34. The Kier molecular flexibility index (Phi) is 2.77. The van der Waals surface area contributed by atoms with Gasteiger partial charge in [0, 0.05) is 25.7 Å². The second-order valence-electron chi connectivity index (χ2n) is 4.84. The van der Waals surface area contributed by atoms with Crippen molar-refractivity contribution in [3.63, 3.8) is 0 Å². The molecule has 14 heavy (non-hydrogen) atoms. The molecule has 3 heteroatoms. The van der Waals surface area contributed by atoms with Crippen LogP contribution in [0.2, 0.25) is 0 Å². The lowest BCUT2D eigenvalue weighted by Crippen LogP contribution is -2.53. The van der Waals surface area contributed by atoms with Gasteiger partial charge in [0.1, 0.15) is 0 Å². The molecule has 1 unspecified atom stereocenters. The molecule has 1 atom stereocenters. The van der Waals surface area contributed by atoms with Crippen molar-refractivity contribution in [1.29, 1.82) is 0 Å². The topological polar surface area (TPSA) is 32.3 Å². The first-order chi connectivity index (χ1) is 6.70. The average molecular weight is 196 g/mol. The zero-order valence-electron chi connectivity index (χ0n) is 9.12. The van der Waals surface area contributed by atoms with E-state index >= 15 is 0 Å². The molecule has 80 valence electrons. The summed E-state index contributed by atoms with van der Waals surface area (Å²) < 4.78 is 0. The Morgan fingerprint density at radius 3 is 2.64 bits per heavy atom. The standard InChI is InChI=1S/C11H20N2O/c1-8(2)10-4-3-5-13(10)11(14)9-6-12-7-9/h8-10,12H,3-7H2,1-2H3. The molecule has 2 aliphatic rings. The Bertz CT molecular complexity index is 223. The average Bonchev–Trinajstić information content (AvgIpc) is 2.47. The quantitative estimate of drug-likeness (QED) is 0.710. The number of carbonyl (C=O) groups excluding carboxylic acids is 1. The highest BCUT2D eigenvalue weighted by Crippen LogP contribution is 2.26. The molecule has 0 aromatic carbocycles. The summed E-state index contributed by atoms with van der Waals surface area (Å²) in [4.78, 5) is 14.1. The fourth-order valence-corrected chi connectivity index (χ4v) is 2.46. The van der Waals surface area contributed by atoms with E-state index in [1.807, 2.05) is 0 Å². The molecule has 0 bridgehead atoms. The molecular weight excluding hydrogens is 176 g/mol. The molecule has 0 aromatic heterocycles. The zero-order valence-corrected chi connectivity index (χ0v) is 9.12. The monoisotopic (exact) mass is 196 g/mol. The fraction of sp³-hybridized carbons (Fsp3) is 0.909. The van der Waals surface area contributed by atoms with Crippen LogP contribution in [0.4, 0.5) is 0 Å². The number of hydrogen-bond acceptors (Lipinski definition) is 2. The fourth-order valence-electron chi connectivity index (χ4n) is 2.46. The molecule has 2 saturated heterocycles. The third-order valence-electron chi connectivity index (χ3n) is 3.48. The number of likely N-dealkylation sites (tertiary alicyclic amines) is 1. The van der Waals surface area contributed by atoms with Crippen molar-refractivity contribution in [3.8, 4) is 0 Å². The van der Waals surface area contributed by atoms with Gasteiger partial charge in [-0.25, -0.2) is 0 Å². The van der Waals surface area contributed by atoms with Gasteiger partial charge in [-0.3, -0.25) is 4.79 Å². The predicted octanol–water partition coefficient (Wildman–Crippen LogP) is 0.853. The number of carbonyl (C=O) groups is 1. The van der Waals surface area contributed by atoms with Crippen LogP contribution in [0.1, 0.15) is 26.7 Å². The molecular formula is C11H20N2O. The molecule has 2 fully saturated rings. The summed E-state index contributed by atoms with van der Waals surface area (Å²) in [5, 5.41) is 3.16. The minimum atomic E-state index is 0.273. The summed E-state index contributed by atoms with van der Waals surface area (Å²) in [6.45, 7) is 7.20. The molecule has 0 spiro atoms. The minimum Gasteiger partial charge on any atom is -0.339 e. The second kappa shape index (κ2) is 3.89. The van der Waals surface area contributed by atoms with E-state index in [9.17, 15) is 4.79 Å². The third-order valence-corrected chi connectivity index (χ3v) is 3.48. The number of nitrogens with one attached hydrogen (secondary N) is 1. The minimum absolute atomic E-state index is 0.273. The maximum absolute atomic E-state index is 12.0. The van der Waals surface area contributed by atoms with Crippen molar-refractivity contribution in [3.05, 3.63) is 0 Å². The van der Waals surface area contributed by atoms with Gasteiger partial charge in [0.2, 0.25) is 5.91 Å². The van der Waals surface area contributed by atoms with E-state index in [1.54, 1.807) is 0 Å². The Hall–Kier alpha value is -0.570. The van der Waals surface area contributed by atoms with Crippen LogP contribution in [0.3, 0.4) is 0 Å². The van der Waals surface area contributed by atoms with E-state index in [0.29, 0.717) is 17.9 Å². The van der Waals surface area contributed by atoms with Crippen LogP contribution in [0, 0.1) is 11.8 Å². The first kappa shape index (κ1) is 9.97. The van der Waals surface area contributed by atoms with Gasteiger partial charge in [-0.1, -0.05) is 13.8 Å². The molecule has 2 aliphatic heterocycles. The summed E-state index contributed by atoms with van der Waals surface area (Å²) in [6, 6.07) is 0.503. The van der Waals surface area contributed by atoms with Gasteiger partial charge in [-0.15, -0.1) is 0 Å². The van der Waals surface area contributed by atoms with E-state index in [4.69, 9.17) is 0 Å². The first-order valence-corrected chi connectivity index (χ1v) is 5.71. The molecule has 0 aromatic rings. The summed E-state index contributed by atoms with van der Waals surface area (Å²) in [6.07, 6.45) is 2.39. The van der Waals surface area contributed by atoms with Gasteiger partial charge >= 0.3 is 0 Å². The van der Waals surface area contributed by atoms with Crippen molar-refractivity contribution in [2.24, 2.45) is 11.8 Å². The van der Waals surface area contributed by atoms with Crippen LogP contribution in [0.5, 0.6) is 0 Å². The van der Waals surface area contributed by atoms with Gasteiger partial charge in [-0.2, -0.15) is 0 Å². The molecule has 0 radical (unpaired) electrons. The molecule has 0 aliphatic carbocycles. The van der Waals surface area contributed by atoms with Crippen molar-refractivity contribution in [1.82, 2.24) is 10.2 Å². The van der Waals surface area contributed by atoms with Crippen LogP contribution < -0.4 is 5.32 Å². The zero-order chi connectivity index (χ0) is 10.1. The van der Waals surface area contributed by atoms with E-state index in [2.05, 4.69) is 24.1 Å².